The quantitative estimate of drug-likeness (QED) is 0.436. The van der Waals surface area contributed by atoms with E-state index >= 15 is 0 Å². The molecule has 0 saturated carbocycles. The fourth-order valence-corrected chi connectivity index (χ4v) is 3.56. The molecule has 0 bridgehead atoms. The molecule has 1 fully saturated rings. The molecule has 8 nitrogen and oxygen atoms in total. The lowest BCUT2D eigenvalue weighted by Gasteiger charge is -2.31. The van der Waals surface area contributed by atoms with Gasteiger partial charge in [0.1, 0.15) is 0 Å². The fraction of sp³-hybridized carbons (Fsp3) is 0.579. The molecule has 1 N–H and O–H groups in total. The number of hydrogen-bond donors (Lipinski definition) is 1. The van der Waals surface area contributed by atoms with Crippen molar-refractivity contribution in [1.29, 1.82) is 0 Å². The van der Waals surface area contributed by atoms with E-state index in [1.54, 1.807) is 18.3 Å². The molecule has 0 spiro atoms. The van der Waals surface area contributed by atoms with E-state index in [2.05, 4.69) is 22.2 Å². The lowest BCUT2D eigenvalue weighted by molar-refractivity contribution is -0.384. The van der Waals surface area contributed by atoms with E-state index in [0.717, 1.165) is 62.6 Å². The number of piperidine rings is 1. The number of hydrogen-bond acceptors (Lipinski definition) is 5. The number of nitrogens with zero attached hydrogens (tertiary/aromatic N) is 4. The minimum Gasteiger partial charge on any atom is -0.356 e. The van der Waals surface area contributed by atoms with Gasteiger partial charge in [-0.15, -0.1) is 0 Å². The van der Waals surface area contributed by atoms with Gasteiger partial charge in [-0.05, 0) is 25.3 Å². The maximum absolute atomic E-state index is 12.2. The van der Waals surface area contributed by atoms with E-state index in [-0.39, 0.29) is 17.5 Å². The fourth-order valence-electron chi connectivity index (χ4n) is 3.56. The number of fused-ring (bicyclic) bond motifs is 1. The number of amides is 1. The highest BCUT2D eigenvalue weighted by atomic mass is 16.6. The van der Waals surface area contributed by atoms with E-state index in [9.17, 15) is 14.9 Å². The summed E-state index contributed by atoms with van der Waals surface area (Å²) in [5.74, 6) is 0.280. The average Bonchev–Trinajstić information content (AvgIpc) is 3.07. The van der Waals surface area contributed by atoms with E-state index in [0.29, 0.717) is 6.67 Å². The minimum absolute atomic E-state index is 0.0767. The number of nitro benzene ring substituents is 1. The van der Waals surface area contributed by atoms with Crippen LogP contribution in [0.15, 0.2) is 24.4 Å². The van der Waals surface area contributed by atoms with Gasteiger partial charge in [0.25, 0.3) is 5.69 Å². The molecule has 0 atom stereocenters. The van der Waals surface area contributed by atoms with Crippen molar-refractivity contribution in [3.05, 3.63) is 34.5 Å². The topological polar surface area (TPSA) is 93.3 Å². The Kier molecular flexibility index (Phi) is 6.39. The number of likely N-dealkylation sites (tertiary alicyclic amines) is 1. The maximum Gasteiger partial charge on any atom is 0.270 e. The Bertz CT molecular complexity index is 796. The Morgan fingerprint density at radius 3 is 2.81 bits per heavy atom. The van der Waals surface area contributed by atoms with Gasteiger partial charge in [0, 0.05) is 43.1 Å². The van der Waals surface area contributed by atoms with Crippen LogP contribution in [0.3, 0.4) is 0 Å². The van der Waals surface area contributed by atoms with Crippen LogP contribution in [0.5, 0.6) is 0 Å². The summed E-state index contributed by atoms with van der Waals surface area (Å²) >= 11 is 0. The van der Waals surface area contributed by atoms with Gasteiger partial charge in [-0.25, -0.2) is 0 Å². The molecular formula is C19H27N5O3. The van der Waals surface area contributed by atoms with Crippen LogP contribution < -0.4 is 5.32 Å². The summed E-state index contributed by atoms with van der Waals surface area (Å²) in [6.07, 6.45) is 6.72. The second-order valence-corrected chi connectivity index (χ2v) is 7.18. The molecule has 0 unspecified atom stereocenters. The summed E-state index contributed by atoms with van der Waals surface area (Å²) < 4.78 is 1.87. The summed E-state index contributed by atoms with van der Waals surface area (Å²) in [7, 11) is 0. The molecule has 1 aromatic carbocycles. The van der Waals surface area contributed by atoms with Crippen molar-refractivity contribution >= 4 is 22.5 Å². The summed E-state index contributed by atoms with van der Waals surface area (Å²) in [4.78, 5) is 25.0. The Labute approximate surface area is 158 Å². The third kappa shape index (κ3) is 4.82. The first-order valence-corrected chi connectivity index (χ1v) is 9.68. The Balaban J connectivity index is 1.51. The SMILES string of the molecule is CCCCCNC(=O)C1CCN(Cn2ncc3cc([N+](=O)[O-])ccc32)CC1. The van der Waals surface area contributed by atoms with Crippen molar-refractivity contribution in [3.8, 4) is 0 Å². The number of carbonyl (C=O) groups is 1. The standard InChI is InChI=1S/C19H27N5O3/c1-2-3-4-9-20-19(25)15-7-10-22(11-8-15)14-23-18-6-5-17(24(26)27)12-16(18)13-21-23/h5-6,12-13,15H,2-4,7-11,14H2,1H3,(H,20,25). The third-order valence-corrected chi connectivity index (χ3v) is 5.21. The third-order valence-electron chi connectivity index (χ3n) is 5.21. The molecule has 146 valence electrons. The molecular weight excluding hydrogens is 346 g/mol. The monoisotopic (exact) mass is 373 g/mol. The van der Waals surface area contributed by atoms with Crippen molar-refractivity contribution in [1.82, 2.24) is 20.0 Å². The molecule has 27 heavy (non-hydrogen) atoms. The van der Waals surface area contributed by atoms with Crippen LogP contribution in [0.25, 0.3) is 10.9 Å². The molecule has 2 aromatic rings. The molecule has 0 aliphatic carbocycles. The predicted octanol–water partition coefficient (Wildman–Crippen LogP) is 2.92. The van der Waals surface area contributed by atoms with Gasteiger partial charge in [0.2, 0.25) is 5.91 Å². The summed E-state index contributed by atoms with van der Waals surface area (Å²) in [5.41, 5.74) is 0.962. The molecule has 1 aliphatic heterocycles. The largest absolute Gasteiger partial charge is 0.356 e. The first-order chi connectivity index (χ1) is 13.1. The van der Waals surface area contributed by atoms with Gasteiger partial charge in [0.15, 0.2) is 0 Å². The van der Waals surface area contributed by atoms with Crippen LogP contribution >= 0.6 is 0 Å². The first kappa shape index (κ1) is 19.3. The van der Waals surface area contributed by atoms with Crippen molar-refractivity contribution in [2.45, 2.75) is 45.7 Å². The van der Waals surface area contributed by atoms with Gasteiger partial charge in [-0.1, -0.05) is 19.8 Å². The van der Waals surface area contributed by atoms with Gasteiger partial charge >= 0.3 is 0 Å². The second-order valence-electron chi connectivity index (χ2n) is 7.18. The van der Waals surface area contributed by atoms with Crippen molar-refractivity contribution in [2.75, 3.05) is 19.6 Å². The second kappa shape index (κ2) is 8.94. The number of carbonyl (C=O) groups excluding carboxylic acids is 1. The Morgan fingerprint density at radius 2 is 2.11 bits per heavy atom. The van der Waals surface area contributed by atoms with Crippen molar-refractivity contribution in [3.63, 3.8) is 0 Å². The summed E-state index contributed by atoms with van der Waals surface area (Å²) in [5, 5.41) is 19.1. The van der Waals surface area contributed by atoms with Gasteiger partial charge in [-0.2, -0.15) is 5.10 Å². The number of rotatable bonds is 8. The number of unbranched alkanes of at least 4 members (excludes halogenated alkanes) is 2. The molecule has 1 amide bonds. The van der Waals surface area contributed by atoms with Gasteiger partial charge < -0.3 is 5.32 Å². The molecule has 8 heteroatoms. The van der Waals surface area contributed by atoms with E-state index in [4.69, 9.17) is 0 Å². The molecule has 2 heterocycles. The molecule has 1 aliphatic rings. The molecule has 1 saturated heterocycles. The Hall–Kier alpha value is -2.48. The van der Waals surface area contributed by atoms with Gasteiger partial charge in [-0.3, -0.25) is 24.5 Å². The van der Waals surface area contributed by atoms with Crippen molar-refractivity contribution < 1.29 is 9.72 Å². The van der Waals surface area contributed by atoms with Gasteiger partial charge in [0.05, 0.1) is 23.3 Å². The zero-order valence-electron chi connectivity index (χ0n) is 15.8. The maximum atomic E-state index is 12.2. The Morgan fingerprint density at radius 1 is 1.33 bits per heavy atom. The number of non-ortho nitro benzene ring substituents is 1. The normalized spacial score (nSPS) is 15.9. The van der Waals surface area contributed by atoms with Crippen LogP contribution in [0.4, 0.5) is 5.69 Å². The zero-order chi connectivity index (χ0) is 19.2. The number of nitrogens with one attached hydrogen (secondary N) is 1. The van der Waals surface area contributed by atoms with Crippen LogP contribution in [-0.2, 0) is 11.5 Å². The molecule has 3 rings (SSSR count). The highest BCUT2D eigenvalue weighted by molar-refractivity contribution is 5.81. The average molecular weight is 373 g/mol. The highest BCUT2D eigenvalue weighted by Gasteiger charge is 2.25. The van der Waals surface area contributed by atoms with Crippen LogP contribution in [-0.4, -0.2) is 45.1 Å². The van der Waals surface area contributed by atoms with E-state index < -0.39 is 4.92 Å². The van der Waals surface area contributed by atoms with Crippen LogP contribution in [0.1, 0.15) is 39.0 Å². The summed E-state index contributed by atoms with van der Waals surface area (Å²) in [6.45, 7) is 5.26. The highest BCUT2D eigenvalue weighted by Crippen LogP contribution is 2.22. The van der Waals surface area contributed by atoms with Crippen LogP contribution in [0, 0.1) is 16.0 Å². The zero-order valence-corrected chi connectivity index (χ0v) is 15.8. The van der Waals surface area contributed by atoms with E-state index in [1.807, 2.05) is 4.68 Å². The molecule has 0 radical (unpaired) electrons. The minimum atomic E-state index is -0.394. The number of aromatic nitrogens is 2. The molecule has 1 aromatic heterocycles. The van der Waals surface area contributed by atoms with Crippen molar-refractivity contribution in [2.24, 2.45) is 5.92 Å². The first-order valence-electron chi connectivity index (χ1n) is 9.68. The van der Waals surface area contributed by atoms with E-state index in [1.165, 1.54) is 6.07 Å². The van der Waals surface area contributed by atoms with Crippen LogP contribution in [0.2, 0.25) is 0 Å². The number of nitro groups is 1. The smallest absolute Gasteiger partial charge is 0.270 e. The lowest BCUT2D eigenvalue weighted by atomic mass is 9.96. The lowest BCUT2D eigenvalue weighted by Crippen LogP contribution is -2.41. The number of benzene rings is 1. The predicted molar refractivity (Wildman–Crippen MR) is 103 cm³/mol. The summed E-state index contributed by atoms with van der Waals surface area (Å²) in [6, 6.07) is 4.81.